The van der Waals surface area contributed by atoms with E-state index in [-0.39, 0.29) is 0 Å². The van der Waals surface area contributed by atoms with Crippen molar-refractivity contribution in [3.05, 3.63) is 35.9 Å². The average molecular weight is 210 g/mol. The molecule has 1 aliphatic rings. The third-order valence-corrected chi connectivity index (χ3v) is 2.31. The molecule has 1 aromatic rings. The maximum Gasteiger partial charge on any atom is 0.218 e. The van der Waals surface area contributed by atoms with Gasteiger partial charge in [-0.3, -0.25) is 0 Å². The van der Waals surface area contributed by atoms with Crippen LogP contribution >= 0.6 is 0 Å². The molecule has 1 N–H and O–H groups in total. The van der Waals surface area contributed by atoms with Crippen molar-refractivity contribution in [1.82, 2.24) is 0 Å². The molecular weight excluding hydrogens is 196 g/mol. The molecule has 0 bridgehead atoms. The molecule has 2 atom stereocenters. The Morgan fingerprint density at radius 2 is 1.80 bits per heavy atom. The molecule has 0 spiro atoms. The number of aliphatic hydroxyl groups excluding tert-OH is 1. The summed E-state index contributed by atoms with van der Waals surface area (Å²) in [5, 5.41) is 9.43. The lowest BCUT2D eigenvalue weighted by Crippen LogP contribution is -2.46. The summed E-state index contributed by atoms with van der Waals surface area (Å²) in [4.78, 5) is 9.73. The summed E-state index contributed by atoms with van der Waals surface area (Å²) < 4.78 is 5.57. The molecular formula is C11H14O4. The zero-order valence-corrected chi connectivity index (χ0v) is 8.71. The number of hydrogen-bond donors (Lipinski definition) is 1. The first-order valence-electron chi connectivity index (χ1n) is 4.82. The van der Waals surface area contributed by atoms with E-state index in [0.29, 0.717) is 0 Å². The van der Waals surface area contributed by atoms with Gasteiger partial charge >= 0.3 is 0 Å². The van der Waals surface area contributed by atoms with Gasteiger partial charge in [-0.15, -0.1) is 0 Å². The van der Waals surface area contributed by atoms with Crippen LogP contribution in [0.5, 0.6) is 0 Å². The number of benzene rings is 1. The van der Waals surface area contributed by atoms with E-state index in [0.717, 1.165) is 5.56 Å². The van der Waals surface area contributed by atoms with E-state index in [1.807, 2.05) is 30.3 Å². The summed E-state index contributed by atoms with van der Waals surface area (Å²) in [5.74, 6) is 0. The van der Waals surface area contributed by atoms with Gasteiger partial charge in [0.25, 0.3) is 0 Å². The molecule has 1 heterocycles. The minimum absolute atomic E-state index is 0.593. The molecule has 4 heteroatoms. The van der Waals surface area contributed by atoms with Crippen LogP contribution in [0, 0.1) is 0 Å². The lowest BCUT2D eigenvalue weighted by Gasteiger charge is -2.38. The second-order valence-electron chi connectivity index (χ2n) is 4.01. The lowest BCUT2D eigenvalue weighted by molar-refractivity contribution is -0.512. The van der Waals surface area contributed by atoms with Crippen LogP contribution in [0.4, 0.5) is 0 Å². The highest BCUT2D eigenvalue weighted by molar-refractivity contribution is 5.16. The summed E-state index contributed by atoms with van der Waals surface area (Å²) in [6.45, 7) is 3.49. The van der Waals surface area contributed by atoms with Crippen LogP contribution in [-0.2, 0) is 14.5 Å². The van der Waals surface area contributed by atoms with Crippen LogP contribution in [-0.4, -0.2) is 17.0 Å². The van der Waals surface area contributed by atoms with Crippen LogP contribution in [0.25, 0.3) is 0 Å². The van der Waals surface area contributed by atoms with E-state index < -0.39 is 18.2 Å². The second-order valence-corrected chi connectivity index (χ2v) is 4.01. The predicted octanol–water partition coefficient (Wildman–Crippen LogP) is 1.76. The molecule has 0 amide bonds. The van der Waals surface area contributed by atoms with E-state index in [4.69, 9.17) is 14.5 Å². The largest absolute Gasteiger partial charge is 0.363 e. The summed E-state index contributed by atoms with van der Waals surface area (Å²) in [6, 6.07) is 9.44. The molecule has 2 rings (SSSR count). The first kappa shape index (κ1) is 10.6. The highest BCUT2D eigenvalue weighted by atomic mass is 17.3. The monoisotopic (exact) mass is 210 g/mol. The summed E-state index contributed by atoms with van der Waals surface area (Å²) in [5.41, 5.74) is 0.0798. The van der Waals surface area contributed by atoms with E-state index in [2.05, 4.69) is 0 Å². The van der Waals surface area contributed by atoms with Gasteiger partial charge in [0.1, 0.15) is 5.60 Å². The number of ether oxygens (including phenoxy) is 1. The maximum absolute atomic E-state index is 9.43. The first-order valence-corrected chi connectivity index (χ1v) is 4.82. The van der Waals surface area contributed by atoms with Crippen molar-refractivity contribution >= 4 is 0 Å². The van der Waals surface area contributed by atoms with E-state index in [9.17, 15) is 5.11 Å². The number of rotatable bonds is 1. The van der Waals surface area contributed by atoms with Crippen molar-refractivity contribution in [2.45, 2.75) is 32.0 Å². The lowest BCUT2D eigenvalue weighted by atomic mass is 10.1. The minimum Gasteiger partial charge on any atom is -0.363 e. The maximum atomic E-state index is 9.43. The van der Waals surface area contributed by atoms with Gasteiger partial charge in [-0.1, -0.05) is 30.3 Å². The fourth-order valence-corrected chi connectivity index (χ4v) is 1.31. The molecule has 15 heavy (non-hydrogen) atoms. The Kier molecular flexibility index (Phi) is 2.75. The van der Waals surface area contributed by atoms with Crippen LogP contribution in [0.15, 0.2) is 30.3 Å². The van der Waals surface area contributed by atoms with E-state index >= 15 is 0 Å². The van der Waals surface area contributed by atoms with Gasteiger partial charge in [-0.05, 0) is 13.8 Å². The topological polar surface area (TPSA) is 47.9 Å². The van der Waals surface area contributed by atoms with Crippen LogP contribution in [0.1, 0.15) is 25.7 Å². The Balaban J connectivity index is 2.14. The zero-order chi connectivity index (χ0) is 10.9. The third kappa shape index (κ3) is 2.18. The van der Waals surface area contributed by atoms with E-state index in [1.54, 1.807) is 13.8 Å². The predicted molar refractivity (Wildman–Crippen MR) is 52.5 cm³/mol. The number of hydrogen-bond acceptors (Lipinski definition) is 4. The van der Waals surface area contributed by atoms with Crippen LogP contribution < -0.4 is 0 Å². The van der Waals surface area contributed by atoms with Gasteiger partial charge in [0.2, 0.25) is 12.6 Å². The second kappa shape index (κ2) is 3.90. The molecule has 1 aromatic carbocycles. The van der Waals surface area contributed by atoms with E-state index in [1.165, 1.54) is 0 Å². The quantitative estimate of drug-likeness (QED) is 0.717. The summed E-state index contributed by atoms with van der Waals surface area (Å²) in [6.07, 6.45) is -1.66. The fourth-order valence-electron chi connectivity index (χ4n) is 1.31. The molecule has 82 valence electrons. The molecule has 0 aromatic heterocycles. The van der Waals surface area contributed by atoms with Crippen molar-refractivity contribution in [1.29, 1.82) is 0 Å². The van der Waals surface area contributed by atoms with Crippen molar-refractivity contribution < 1.29 is 19.6 Å². The SMILES string of the molecule is CC1(C)O[C@H](c2ccccc2)OO[C@H]1O. The Labute approximate surface area is 88.3 Å². The van der Waals surface area contributed by atoms with Gasteiger partial charge in [0.05, 0.1) is 0 Å². The summed E-state index contributed by atoms with van der Waals surface area (Å²) >= 11 is 0. The first-order chi connectivity index (χ1) is 7.09. The third-order valence-electron chi connectivity index (χ3n) is 2.31. The average Bonchev–Trinajstić information content (AvgIpc) is 2.23. The Hall–Kier alpha value is -0.940. The molecule has 1 saturated heterocycles. The van der Waals surface area contributed by atoms with Crippen molar-refractivity contribution in [2.75, 3.05) is 0 Å². The Morgan fingerprint density at radius 1 is 1.13 bits per heavy atom. The molecule has 4 nitrogen and oxygen atoms in total. The zero-order valence-electron chi connectivity index (χ0n) is 8.71. The standard InChI is InChI=1S/C11H14O4/c1-11(2)10(12)15-14-9(13-11)8-6-4-3-5-7-8/h3-7,9-10,12H,1-2H3/t9-,10+/m0/s1. The molecule has 0 aliphatic carbocycles. The van der Waals surface area contributed by atoms with Crippen molar-refractivity contribution in [2.24, 2.45) is 0 Å². The van der Waals surface area contributed by atoms with Gasteiger partial charge in [0, 0.05) is 5.56 Å². The molecule has 0 saturated carbocycles. The summed E-state index contributed by atoms with van der Waals surface area (Å²) in [7, 11) is 0. The normalized spacial score (nSPS) is 30.1. The highest BCUT2D eigenvalue weighted by Gasteiger charge is 2.39. The van der Waals surface area contributed by atoms with Crippen LogP contribution in [0.3, 0.4) is 0 Å². The Morgan fingerprint density at radius 3 is 2.40 bits per heavy atom. The van der Waals surface area contributed by atoms with Gasteiger partial charge in [0.15, 0.2) is 0 Å². The minimum atomic E-state index is -1.07. The van der Waals surface area contributed by atoms with Gasteiger partial charge in [-0.2, -0.15) is 9.78 Å². The molecule has 0 unspecified atom stereocenters. The number of aliphatic hydroxyl groups is 1. The van der Waals surface area contributed by atoms with Gasteiger partial charge < -0.3 is 9.84 Å². The molecule has 0 radical (unpaired) electrons. The highest BCUT2D eigenvalue weighted by Crippen LogP contribution is 2.33. The molecule has 1 aliphatic heterocycles. The van der Waals surface area contributed by atoms with Gasteiger partial charge in [-0.25, -0.2) is 0 Å². The fraction of sp³-hybridized carbons (Fsp3) is 0.455. The van der Waals surface area contributed by atoms with Crippen molar-refractivity contribution in [3.63, 3.8) is 0 Å². The Bertz CT molecular complexity index is 323. The van der Waals surface area contributed by atoms with Crippen molar-refractivity contribution in [3.8, 4) is 0 Å². The smallest absolute Gasteiger partial charge is 0.218 e. The molecule has 1 fully saturated rings. The van der Waals surface area contributed by atoms with Crippen LogP contribution in [0.2, 0.25) is 0 Å².